The fourth-order valence-electron chi connectivity index (χ4n) is 1.99. The zero-order valence-corrected chi connectivity index (χ0v) is 10.3. The van der Waals surface area contributed by atoms with E-state index in [4.69, 9.17) is 15.2 Å². The molecule has 2 N–H and O–H groups in total. The number of hydrogen-bond donors (Lipinski definition) is 1. The largest absolute Gasteiger partial charge is 0.377 e. The maximum Gasteiger partial charge on any atom is 0.0971 e. The van der Waals surface area contributed by atoms with Crippen LogP contribution < -0.4 is 5.73 Å². The first-order chi connectivity index (χ1) is 7.08. The molecule has 4 unspecified atom stereocenters. The van der Waals surface area contributed by atoms with E-state index in [1.807, 2.05) is 0 Å². The Morgan fingerprint density at radius 3 is 2.00 bits per heavy atom. The van der Waals surface area contributed by atoms with Gasteiger partial charge in [0.25, 0.3) is 0 Å². The van der Waals surface area contributed by atoms with Gasteiger partial charge in [0.1, 0.15) is 0 Å². The molecule has 0 aliphatic carbocycles. The molecule has 1 heterocycles. The third kappa shape index (κ3) is 3.41. The fourth-order valence-corrected chi connectivity index (χ4v) is 1.99. The van der Waals surface area contributed by atoms with E-state index >= 15 is 0 Å². The van der Waals surface area contributed by atoms with Crippen LogP contribution in [0.3, 0.4) is 0 Å². The first kappa shape index (κ1) is 12.9. The zero-order chi connectivity index (χ0) is 11.4. The normalized spacial score (nSPS) is 31.8. The Kier molecular flexibility index (Phi) is 4.99. The minimum absolute atomic E-state index is 0.204. The van der Waals surface area contributed by atoms with Crippen LogP contribution in [0.2, 0.25) is 0 Å². The van der Waals surface area contributed by atoms with Gasteiger partial charge in [-0.2, -0.15) is 0 Å². The molecular formula is C11H24N2O2. The highest BCUT2D eigenvalue weighted by Crippen LogP contribution is 2.17. The van der Waals surface area contributed by atoms with Gasteiger partial charge in [-0.1, -0.05) is 6.92 Å². The van der Waals surface area contributed by atoms with Gasteiger partial charge in [-0.3, -0.25) is 4.90 Å². The lowest BCUT2D eigenvalue weighted by molar-refractivity contribution is -0.00461. The van der Waals surface area contributed by atoms with E-state index in [0.29, 0.717) is 5.92 Å². The summed E-state index contributed by atoms with van der Waals surface area (Å²) in [6.07, 6.45) is 0.408. The van der Waals surface area contributed by atoms with E-state index in [0.717, 1.165) is 19.6 Å². The second kappa shape index (κ2) is 5.80. The summed E-state index contributed by atoms with van der Waals surface area (Å²) in [5, 5.41) is 0. The van der Waals surface area contributed by atoms with Crippen LogP contribution in [0.1, 0.15) is 13.8 Å². The van der Waals surface area contributed by atoms with Gasteiger partial charge in [-0.15, -0.1) is 0 Å². The van der Waals surface area contributed by atoms with Crippen molar-refractivity contribution in [2.24, 2.45) is 11.7 Å². The first-order valence-corrected chi connectivity index (χ1v) is 5.62. The summed E-state index contributed by atoms with van der Waals surface area (Å²) < 4.78 is 10.8. The molecular weight excluding hydrogens is 192 g/mol. The standard InChI is InChI=1S/C11H24N2O2/c1-8(9(2)12)5-13-6-10(14-3)11(7-13)15-4/h8-11H,5-7,12H2,1-4H3. The number of nitrogens with zero attached hydrogens (tertiary/aromatic N) is 1. The summed E-state index contributed by atoms with van der Waals surface area (Å²) >= 11 is 0. The molecule has 15 heavy (non-hydrogen) atoms. The van der Waals surface area contributed by atoms with Crippen molar-refractivity contribution in [3.63, 3.8) is 0 Å². The van der Waals surface area contributed by atoms with Crippen molar-refractivity contribution in [2.45, 2.75) is 32.1 Å². The summed E-state index contributed by atoms with van der Waals surface area (Å²) in [5.74, 6) is 0.512. The molecule has 1 rings (SSSR count). The predicted octanol–water partition coefficient (Wildman–Crippen LogP) is 0.315. The zero-order valence-electron chi connectivity index (χ0n) is 10.3. The van der Waals surface area contributed by atoms with Crippen LogP contribution in [0, 0.1) is 5.92 Å². The van der Waals surface area contributed by atoms with E-state index < -0.39 is 0 Å². The molecule has 0 spiro atoms. The van der Waals surface area contributed by atoms with Crippen LogP contribution >= 0.6 is 0 Å². The lowest BCUT2D eigenvalue weighted by Crippen LogP contribution is -2.35. The summed E-state index contributed by atoms with van der Waals surface area (Å²) in [6.45, 7) is 7.17. The molecule has 0 saturated carbocycles. The monoisotopic (exact) mass is 216 g/mol. The highest BCUT2D eigenvalue weighted by atomic mass is 16.5. The number of methoxy groups -OCH3 is 2. The molecule has 0 aromatic carbocycles. The van der Waals surface area contributed by atoms with Crippen LogP contribution in [-0.2, 0) is 9.47 Å². The minimum Gasteiger partial charge on any atom is -0.377 e. The highest BCUT2D eigenvalue weighted by Gasteiger charge is 2.33. The Labute approximate surface area is 92.7 Å². The van der Waals surface area contributed by atoms with Gasteiger partial charge in [-0.25, -0.2) is 0 Å². The van der Waals surface area contributed by atoms with Crippen LogP contribution in [-0.4, -0.2) is 57.0 Å². The van der Waals surface area contributed by atoms with E-state index in [9.17, 15) is 0 Å². The van der Waals surface area contributed by atoms with Gasteiger partial charge >= 0.3 is 0 Å². The second-order valence-electron chi connectivity index (χ2n) is 4.60. The summed E-state index contributed by atoms with van der Waals surface area (Å²) in [5.41, 5.74) is 5.86. The van der Waals surface area contributed by atoms with Crippen LogP contribution in [0.15, 0.2) is 0 Å². The third-order valence-electron chi connectivity index (χ3n) is 3.34. The molecule has 4 nitrogen and oxygen atoms in total. The molecule has 4 heteroatoms. The van der Waals surface area contributed by atoms with E-state index in [-0.39, 0.29) is 18.2 Å². The smallest absolute Gasteiger partial charge is 0.0971 e. The Morgan fingerprint density at radius 1 is 1.20 bits per heavy atom. The third-order valence-corrected chi connectivity index (χ3v) is 3.34. The Hall–Kier alpha value is -0.160. The van der Waals surface area contributed by atoms with Gasteiger partial charge in [0.05, 0.1) is 12.2 Å². The van der Waals surface area contributed by atoms with Crippen molar-refractivity contribution in [2.75, 3.05) is 33.9 Å². The van der Waals surface area contributed by atoms with Gasteiger partial charge in [0, 0.05) is 39.9 Å². The topological polar surface area (TPSA) is 47.7 Å². The van der Waals surface area contributed by atoms with Gasteiger partial charge in [0.2, 0.25) is 0 Å². The molecule has 0 aromatic heterocycles. The molecule has 90 valence electrons. The van der Waals surface area contributed by atoms with Crippen LogP contribution in [0.4, 0.5) is 0 Å². The maximum atomic E-state index is 5.86. The molecule has 4 atom stereocenters. The molecule has 1 fully saturated rings. The average molecular weight is 216 g/mol. The lowest BCUT2D eigenvalue weighted by Gasteiger charge is -2.22. The molecule has 0 bridgehead atoms. The van der Waals surface area contributed by atoms with Crippen LogP contribution in [0.5, 0.6) is 0 Å². The van der Waals surface area contributed by atoms with Crippen molar-refractivity contribution in [1.29, 1.82) is 0 Å². The summed E-state index contributed by atoms with van der Waals surface area (Å²) in [6, 6.07) is 0.243. The van der Waals surface area contributed by atoms with Crippen molar-refractivity contribution in [1.82, 2.24) is 4.90 Å². The van der Waals surface area contributed by atoms with Gasteiger partial charge in [0.15, 0.2) is 0 Å². The van der Waals surface area contributed by atoms with Crippen molar-refractivity contribution in [3.8, 4) is 0 Å². The summed E-state index contributed by atoms with van der Waals surface area (Å²) in [4.78, 5) is 2.37. The van der Waals surface area contributed by atoms with E-state index in [1.165, 1.54) is 0 Å². The Balaban J connectivity index is 2.40. The molecule has 1 aliphatic rings. The SMILES string of the molecule is COC1CN(CC(C)C(C)N)CC1OC. The predicted molar refractivity (Wildman–Crippen MR) is 60.8 cm³/mol. The fraction of sp³-hybridized carbons (Fsp3) is 1.00. The van der Waals surface area contributed by atoms with Crippen molar-refractivity contribution < 1.29 is 9.47 Å². The molecule has 0 amide bonds. The molecule has 1 saturated heterocycles. The quantitative estimate of drug-likeness (QED) is 0.719. The van der Waals surface area contributed by atoms with Crippen LogP contribution in [0.25, 0.3) is 0 Å². The maximum absolute atomic E-state index is 5.86. The number of hydrogen-bond acceptors (Lipinski definition) is 4. The number of nitrogens with two attached hydrogens (primary N) is 1. The minimum atomic E-state index is 0.204. The Bertz CT molecular complexity index is 175. The molecule has 0 aromatic rings. The van der Waals surface area contributed by atoms with Gasteiger partial charge in [-0.05, 0) is 12.8 Å². The Morgan fingerprint density at radius 2 is 1.67 bits per heavy atom. The first-order valence-electron chi connectivity index (χ1n) is 5.62. The summed E-state index contributed by atoms with van der Waals surface area (Å²) in [7, 11) is 3.49. The second-order valence-corrected chi connectivity index (χ2v) is 4.60. The van der Waals surface area contributed by atoms with Crippen molar-refractivity contribution in [3.05, 3.63) is 0 Å². The number of likely N-dealkylation sites (tertiary alicyclic amines) is 1. The van der Waals surface area contributed by atoms with E-state index in [1.54, 1.807) is 14.2 Å². The van der Waals surface area contributed by atoms with Gasteiger partial charge < -0.3 is 15.2 Å². The molecule has 1 aliphatic heterocycles. The molecule has 0 radical (unpaired) electrons. The highest BCUT2D eigenvalue weighted by molar-refractivity contribution is 4.86. The number of rotatable bonds is 5. The van der Waals surface area contributed by atoms with Crippen molar-refractivity contribution >= 4 is 0 Å². The van der Waals surface area contributed by atoms with E-state index in [2.05, 4.69) is 18.7 Å². The average Bonchev–Trinajstić information content (AvgIpc) is 2.59. The lowest BCUT2D eigenvalue weighted by atomic mass is 10.0. The number of ether oxygens (including phenoxy) is 2.